The van der Waals surface area contributed by atoms with E-state index in [0.717, 1.165) is 0 Å². The Morgan fingerprint density at radius 3 is 2.18 bits per heavy atom. The zero-order valence-electron chi connectivity index (χ0n) is 13.2. The van der Waals surface area contributed by atoms with E-state index >= 15 is 0 Å². The van der Waals surface area contributed by atoms with Crippen molar-refractivity contribution in [3.63, 3.8) is 0 Å². The Bertz CT molecular complexity index is 271. The lowest BCUT2D eigenvalue weighted by Crippen LogP contribution is -2.26. The van der Waals surface area contributed by atoms with E-state index in [1.165, 1.54) is 12.8 Å². The van der Waals surface area contributed by atoms with E-state index in [0.29, 0.717) is 16.7 Å². The molecule has 0 nitrogen and oxygen atoms in total. The minimum Gasteiger partial charge on any atom is -0.0850 e. The van der Waals surface area contributed by atoms with Crippen LogP contribution < -0.4 is 0 Å². The molecular formula is C17H32. The van der Waals surface area contributed by atoms with Crippen LogP contribution in [0.5, 0.6) is 0 Å². The van der Waals surface area contributed by atoms with Gasteiger partial charge in [0, 0.05) is 5.92 Å². The van der Waals surface area contributed by atoms with Gasteiger partial charge in [-0.05, 0) is 30.6 Å². The Kier molecular flexibility index (Phi) is 6.23. The van der Waals surface area contributed by atoms with Crippen molar-refractivity contribution < 1.29 is 0 Å². The zero-order chi connectivity index (χ0) is 13.7. The van der Waals surface area contributed by atoms with Crippen LogP contribution in [0.2, 0.25) is 0 Å². The van der Waals surface area contributed by atoms with Gasteiger partial charge in [0.15, 0.2) is 0 Å². The molecule has 0 fully saturated rings. The quantitative estimate of drug-likeness (QED) is 0.490. The van der Waals surface area contributed by atoms with Crippen molar-refractivity contribution in [2.75, 3.05) is 0 Å². The third-order valence-electron chi connectivity index (χ3n) is 3.38. The molecular weight excluding hydrogens is 204 g/mol. The summed E-state index contributed by atoms with van der Waals surface area (Å²) in [5, 5.41) is 0. The van der Waals surface area contributed by atoms with Crippen molar-refractivity contribution >= 4 is 0 Å². The molecule has 1 atom stereocenters. The lowest BCUT2D eigenvalue weighted by Gasteiger charge is -2.37. The Hall–Kier alpha value is -0.520. The van der Waals surface area contributed by atoms with Gasteiger partial charge in [-0.25, -0.2) is 0 Å². The molecule has 17 heavy (non-hydrogen) atoms. The first kappa shape index (κ1) is 16.5. The molecule has 0 N–H and O–H groups in total. The molecule has 1 unspecified atom stereocenters. The summed E-state index contributed by atoms with van der Waals surface area (Å²) in [4.78, 5) is 0. The van der Waals surface area contributed by atoms with Crippen LogP contribution in [-0.4, -0.2) is 0 Å². The standard InChI is InChI=1S/C15H26.C2H6/c1-12-8-7-10-15(5,6)13(12)9-11-14(2,3)4;1-2/h8-9,11,13H,7,10H2,1-6H3;1-2H3/b11-9+;. The van der Waals surface area contributed by atoms with E-state index in [-0.39, 0.29) is 0 Å². The lowest BCUT2D eigenvalue weighted by atomic mass is 9.68. The van der Waals surface area contributed by atoms with Crippen molar-refractivity contribution in [3.05, 3.63) is 23.8 Å². The number of hydrogen-bond acceptors (Lipinski definition) is 0. The summed E-state index contributed by atoms with van der Waals surface area (Å²) in [5.74, 6) is 0.630. The second kappa shape index (κ2) is 6.42. The highest BCUT2D eigenvalue weighted by atomic mass is 14.4. The monoisotopic (exact) mass is 236 g/mol. The molecule has 0 saturated carbocycles. The maximum Gasteiger partial charge on any atom is 0.00255 e. The van der Waals surface area contributed by atoms with Crippen LogP contribution in [-0.2, 0) is 0 Å². The van der Waals surface area contributed by atoms with Gasteiger partial charge < -0.3 is 0 Å². The summed E-state index contributed by atoms with van der Waals surface area (Å²) in [6, 6.07) is 0. The first-order chi connectivity index (χ1) is 7.72. The first-order valence-corrected chi connectivity index (χ1v) is 7.08. The first-order valence-electron chi connectivity index (χ1n) is 7.08. The van der Waals surface area contributed by atoms with Gasteiger partial charge in [-0.1, -0.05) is 72.3 Å². The number of allylic oxidation sites excluding steroid dienone is 4. The second-order valence-electron chi connectivity index (χ2n) is 6.68. The van der Waals surface area contributed by atoms with Gasteiger partial charge in [0.25, 0.3) is 0 Å². The molecule has 0 heteroatoms. The topological polar surface area (TPSA) is 0 Å². The van der Waals surface area contributed by atoms with Crippen LogP contribution in [0.4, 0.5) is 0 Å². The molecule has 1 rings (SSSR count). The fraction of sp³-hybridized carbons (Fsp3) is 0.765. The molecule has 0 radical (unpaired) electrons. The molecule has 0 heterocycles. The summed E-state index contributed by atoms with van der Waals surface area (Å²) in [6.07, 6.45) is 9.75. The van der Waals surface area contributed by atoms with E-state index in [9.17, 15) is 0 Å². The predicted molar refractivity (Wildman–Crippen MR) is 80.2 cm³/mol. The average Bonchev–Trinajstić information content (AvgIpc) is 2.17. The Labute approximate surface area is 109 Å². The number of rotatable bonds is 1. The largest absolute Gasteiger partial charge is 0.0850 e. The fourth-order valence-corrected chi connectivity index (χ4v) is 2.37. The minimum atomic E-state index is 0.299. The smallest absolute Gasteiger partial charge is 0.00255 e. The molecule has 100 valence electrons. The fourth-order valence-electron chi connectivity index (χ4n) is 2.37. The summed E-state index contributed by atoms with van der Waals surface area (Å²) in [6.45, 7) is 17.8. The summed E-state index contributed by atoms with van der Waals surface area (Å²) >= 11 is 0. The van der Waals surface area contributed by atoms with Crippen LogP contribution in [0, 0.1) is 16.7 Å². The van der Waals surface area contributed by atoms with E-state index in [2.05, 4.69) is 59.8 Å². The number of hydrogen-bond donors (Lipinski definition) is 0. The van der Waals surface area contributed by atoms with Gasteiger partial charge >= 0.3 is 0 Å². The van der Waals surface area contributed by atoms with E-state index in [4.69, 9.17) is 0 Å². The summed E-state index contributed by atoms with van der Waals surface area (Å²) < 4.78 is 0. The summed E-state index contributed by atoms with van der Waals surface area (Å²) in [5.41, 5.74) is 2.28. The predicted octanol–water partition coefficient (Wildman–Crippen LogP) is 6.00. The van der Waals surface area contributed by atoms with Gasteiger partial charge in [-0.15, -0.1) is 0 Å². The highest BCUT2D eigenvalue weighted by molar-refractivity contribution is 5.19. The normalized spacial score (nSPS) is 24.0. The van der Waals surface area contributed by atoms with Gasteiger partial charge in [-0.3, -0.25) is 0 Å². The molecule has 0 aromatic carbocycles. The van der Waals surface area contributed by atoms with Crippen molar-refractivity contribution in [3.8, 4) is 0 Å². The molecule has 0 saturated heterocycles. The van der Waals surface area contributed by atoms with E-state index in [1.807, 2.05) is 13.8 Å². The Balaban J connectivity index is 0.00000121. The molecule has 0 amide bonds. The molecule has 0 aromatic heterocycles. The maximum absolute atomic E-state index is 2.42. The molecule has 0 aromatic rings. The van der Waals surface area contributed by atoms with Crippen molar-refractivity contribution in [2.45, 2.75) is 68.2 Å². The third kappa shape index (κ3) is 5.57. The van der Waals surface area contributed by atoms with E-state index < -0.39 is 0 Å². The van der Waals surface area contributed by atoms with Gasteiger partial charge in [0.05, 0.1) is 0 Å². The van der Waals surface area contributed by atoms with Crippen LogP contribution in [0.15, 0.2) is 23.8 Å². The van der Waals surface area contributed by atoms with Crippen LogP contribution >= 0.6 is 0 Å². The maximum atomic E-state index is 2.42. The van der Waals surface area contributed by atoms with Crippen LogP contribution in [0.3, 0.4) is 0 Å². The van der Waals surface area contributed by atoms with Crippen molar-refractivity contribution in [2.24, 2.45) is 16.7 Å². The van der Waals surface area contributed by atoms with Crippen LogP contribution in [0.25, 0.3) is 0 Å². The Morgan fingerprint density at radius 1 is 1.24 bits per heavy atom. The Morgan fingerprint density at radius 2 is 1.76 bits per heavy atom. The lowest BCUT2D eigenvalue weighted by molar-refractivity contribution is 0.254. The summed E-state index contributed by atoms with van der Waals surface area (Å²) in [7, 11) is 0. The van der Waals surface area contributed by atoms with Crippen molar-refractivity contribution in [1.29, 1.82) is 0 Å². The van der Waals surface area contributed by atoms with Crippen LogP contribution in [0.1, 0.15) is 68.2 Å². The van der Waals surface area contributed by atoms with Crippen molar-refractivity contribution in [1.82, 2.24) is 0 Å². The molecule has 1 aliphatic rings. The molecule has 1 aliphatic carbocycles. The highest BCUT2D eigenvalue weighted by Crippen LogP contribution is 2.42. The van der Waals surface area contributed by atoms with Gasteiger partial charge in [0.2, 0.25) is 0 Å². The zero-order valence-corrected chi connectivity index (χ0v) is 13.2. The SMILES string of the molecule is CC.CC1=CCCC(C)(C)C1/C=C/C(C)(C)C. The van der Waals surface area contributed by atoms with Gasteiger partial charge in [-0.2, -0.15) is 0 Å². The molecule has 0 spiro atoms. The van der Waals surface area contributed by atoms with Gasteiger partial charge in [0.1, 0.15) is 0 Å². The third-order valence-corrected chi connectivity index (χ3v) is 3.38. The minimum absolute atomic E-state index is 0.299. The average molecular weight is 236 g/mol. The molecule has 0 bridgehead atoms. The second-order valence-corrected chi connectivity index (χ2v) is 6.68. The van der Waals surface area contributed by atoms with E-state index in [1.54, 1.807) is 5.57 Å². The highest BCUT2D eigenvalue weighted by Gasteiger charge is 2.30. The molecule has 0 aliphatic heterocycles.